The third-order valence-corrected chi connectivity index (χ3v) is 9.72. The molecule has 3 aromatic carbocycles. The Morgan fingerprint density at radius 1 is 0.775 bits per heavy atom. The quantitative estimate of drug-likeness (QED) is 0.297. The molecule has 2 saturated heterocycles. The Kier molecular flexibility index (Phi) is 9.15. The van der Waals surface area contributed by atoms with Crippen LogP contribution in [0.1, 0.15) is 23.0 Å². The van der Waals surface area contributed by atoms with Gasteiger partial charge in [0.25, 0.3) is 0 Å². The lowest BCUT2D eigenvalue weighted by atomic mass is 9.98. The first-order valence-corrected chi connectivity index (χ1v) is 15.4. The van der Waals surface area contributed by atoms with E-state index in [4.69, 9.17) is 23.7 Å². The Bertz CT molecular complexity index is 1330. The SMILES string of the molecule is O=S(=O)(S[C@H]1O[C@@H]2COC(c3ccccc3)O[C@H]2[C@H](OCc2ccccc2)[C@@H]1OCc1ccccc1)C(F)(F)F. The molecule has 1 unspecified atom stereocenters. The lowest BCUT2D eigenvalue weighted by Crippen LogP contribution is -2.62. The van der Waals surface area contributed by atoms with E-state index >= 15 is 0 Å². The Labute approximate surface area is 233 Å². The smallest absolute Gasteiger partial charge is 0.368 e. The average Bonchev–Trinajstić information content (AvgIpc) is 2.95. The Morgan fingerprint density at radius 2 is 1.30 bits per heavy atom. The van der Waals surface area contributed by atoms with Crippen LogP contribution >= 0.6 is 10.8 Å². The Balaban J connectivity index is 1.47. The van der Waals surface area contributed by atoms with E-state index in [1.165, 1.54) is 0 Å². The van der Waals surface area contributed by atoms with Gasteiger partial charge in [0, 0.05) is 16.4 Å². The number of benzene rings is 3. The van der Waals surface area contributed by atoms with Gasteiger partial charge < -0.3 is 23.7 Å². The molecule has 2 aliphatic rings. The molecule has 0 amide bonds. The minimum Gasteiger partial charge on any atom is -0.368 e. The number of hydrogen-bond donors (Lipinski definition) is 0. The van der Waals surface area contributed by atoms with E-state index in [1.807, 2.05) is 66.7 Å². The van der Waals surface area contributed by atoms with Gasteiger partial charge in [-0.1, -0.05) is 91.0 Å². The molecule has 3 aromatic rings. The van der Waals surface area contributed by atoms with Crippen molar-refractivity contribution in [3.8, 4) is 0 Å². The maximum atomic E-state index is 13.4. The number of hydrogen-bond acceptors (Lipinski definition) is 8. The van der Waals surface area contributed by atoms with E-state index in [0.29, 0.717) is 0 Å². The van der Waals surface area contributed by atoms with Gasteiger partial charge in [0.2, 0.25) is 0 Å². The van der Waals surface area contributed by atoms with Gasteiger partial charge in [-0.15, -0.1) is 0 Å². The minimum absolute atomic E-state index is 0.0147. The van der Waals surface area contributed by atoms with Crippen molar-refractivity contribution in [3.05, 3.63) is 108 Å². The van der Waals surface area contributed by atoms with Gasteiger partial charge in [0.05, 0.1) is 19.8 Å². The maximum absolute atomic E-state index is 13.4. The first-order chi connectivity index (χ1) is 19.2. The van der Waals surface area contributed by atoms with E-state index in [0.717, 1.165) is 16.7 Å². The standard InChI is InChI=1S/C28H27F3O7S2/c29-28(30,31)40(32,33)39-27-25(35-17-20-12-6-2-7-13-20)24(34-16-19-10-4-1-5-11-19)23-22(37-27)18-36-26(38-23)21-14-8-3-9-15-21/h1-15,22-27H,16-18H2/t22-,23-,24+,25+,26?,27-/m1/s1. The normalized spacial score (nSPS) is 27.2. The highest BCUT2D eigenvalue weighted by Crippen LogP contribution is 2.44. The summed E-state index contributed by atoms with van der Waals surface area (Å²) in [6.07, 6.45) is -4.74. The Morgan fingerprint density at radius 3 is 1.85 bits per heavy atom. The van der Waals surface area contributed by atoms with Gasteiger partial charge in [-0.3, -0.25) is 0 Å². The van der Waals surface area contributed by atoms with Crippen LogP contribution in [-0.2, 0) is 45.8 Å². The molecule has 40 heavy (non-hydrogen) atoms. The van der Waals surface area contributed by atoms with Crippen molar-refractivity contribution in [2.24, 2.45) is 0 Å². The van der Waals surface area contributed by atoms with Crippen molar-refractivity contribution >= 4 is 19.7 Å². The van der Waals surface area contributed by atoms with E-state index < -0.39 is 50.5 Å². The number of ether oxygens (including phenoxy) is 5. The largest absolute Gasteiger partial charge is 0.507 e. The second-order valence-corrected chi connectivity index (χ2v) is 13.2. The van der Waals surface area contributed by atoms with Crippen molar-refractivity contribution in [2.75, 3.05) is 6.61 Å². The number of fused-ring (bicyclic) bond motifs is 1. The molecule has 7 nitrogen and oxygen atoms in total. The first kappa shape index (κ1) is 29.1. The molecular formula is C28H27F3O7S2. The molecule has 0 N–H and O–H groups in total. The lowest BCUT2D eigenvalue weighted by molar-refractivity contribution is -0.329. The van der Waals surface area contributed by atoms with Crippen LogP contribution in [0.15, 0.2) is 91.0 Å². The van der Waals surface area contributed by atoms with Gasteiger partial charge in [-0.2, -0.15) is 13.2 Å². The zero-order valence-corrected chi connectivity index (χ0v) is 22.7. The van der Waals surface area contributed by atoms with Crippen molar-refractivity contribution in [3.63, 3.8) is 0 Å². The molecule has 0 aliphatic carbocycles. The van der Waals surface area contributed by atoms with Crippen molar-refractivity contribution < 1.29 is 45.3 Å². The van der Waals surface area contributed by atoms with Crippen LogP contribution in [0.3, 0.4) is 0 Å². The number of rotatable bonds is 9. The molecule has 12 heteroatoms. The van der Waals surface area contributed by atoms with Crippen molar-refractivity contribution in [1.82, 2.24) is 0 Å². The third-order valence-electron chi connectivity index (χ3n) is 6.43. The van der Waals surface area contributed by atoms with Crippen LogP contribution in [0.5, 0.6) is 0 Å². The number of halogens is 3. The molecule has 0 bridgehead atoms. The number of alkyl halides is 3. The fourth-order valence-electron chi connectivity index (χ4n) is 4.48. The van der Waals surface area contributed by atoms with Crippen molar-refractivity contribution in [1.29, 1.82) is 0 Å². The monoisotopic (exact) mass is 596 g/mol. The van der Waals surface area contributed by atoms with Crippen LogP contribution in [0.2, 0.25) is 0 Å². The van der Waals surface area contributed by atoms with Crippen molar-refractivity contribution in [2.45, 2.75) is 54.9 Å². The van der Waals surface area contributed by atoms with E-state index in [-0.39, 0.29) is 30.6 Å². The molecule has 2 aliphatic heterocycles. The highest BCUT2D eigenvalue weighted by atomic mass is 33.1. The first-order valence-electron chi connectivity index (χ1n) is 12.5. The molecular weight excluding hydrogens is 569 g/mol. The summed E-state index contributed by atoms with van der Waals surface area (Å²) in [6, 6.07) is 27.3. The Hall–Kier alpha value is -2.45. The molecule has 0 saturated carbocycles. The molecule has 2 heterocycles. The predicted octanol–water partition coefficient (Wildman–Crippen LogP) is 5.58. The second-order valence-electron chi connectivity index (χ2n) is 9.24. The van der Waals surface area contributed by atoms with E-state index in [1.54, 1.807) is 24.3 Å². The van der Waals surface area contributed by atoms with Gasteiger partial charge in [0.15, 0.2) is 6.29 Å². The van der Waals surface area contributed by atoms with Crippen LogP contribution in [-0.4, -0.2) is 50.4 Å². The van der Waals surface area contributed by atoms with Gasteiger partial charge >= 0.3 is 14.4 Å². The molecule has 214 valence electrons. The fraction of sp³-hybridized carbons (Fsp3) is 0.357. The lowest BCUT2D eigenvalue weighted by Gasteiger charge is -2.48. The summed E-state index contributed by atoms with van der Waals surface area (Å²) in [6.45, 7) is 0.0205. The summed E-state index contributed by atoms with van der Waals surface area (Å²) < 4.78 is 95.1. The summed E-state index contributed by atoms with van der Waals surface area (Å²) in [7, 11) is -5.96. The highest BCUT2D eigenvalue weighted by molar-refractivity contribution is 8.72. The summed E-state index contributed by atoms with van der Waals surface area (Å²) in [5, 5.41) is 0. The average molecular weight is 597 g/mol. The van der Waals surface area contributed by atoms with Crippen LogP contribution in [0.25, 0.3) is 0 Å². The summed E-state index contributed by atoms with van der Waals surface area (Å²) in [5.74, 6) is 0. The summed E-state index contributed by atoms with van der Waals surface area (Å²) in [4.78, 5) is 0. The second kappa shape index (κ2) is 12.6. The molecule has 0 radical (unpaired) electrons. The molecule has 6 atom stereocenters. The van der Waals surface area contributed by atoms with E-state index in [9.17, 15) is 21.6 Å². The van der Waals surface area contributed by atoms with Gasteiger partial charge in [0.1, 0.15) is 29.9 Å². The van der Waals surface area contributed by atoms with E-state index in [2.05, 4.69) is 0 Å². The fourth-order valence-corrected chi connectivity index (χ4v) is 6.91. The van der Waals surface area contributed by atoms with Gasteiger partial charge in [-0.05, 0) is 11.1 Å². The predicted molar refractivity (Wildman–Crippen MR) is 141 cm³/mol. The summed E-state index contributed by atoms with van der Waals surface area (Å²) in [5.41, 5.74) is -4.77. The minimum atomic E-state index is -5.62. The maximum Gasteiger partial charge on any atom is 0.507 e. The third kappa shape index (κ3) is 6.88. The zero-order valence-electron chi connectivity index (χ0n) is 21.1. The molecule has 0 aromatic heterocycles. The summed E-state index contributed by atoms with van der Waals surface area (Å²) >= 11 is 0. The topological polar surface area (TPSA) is 80.3 Å². The molecule has 0 spiro atoms. The zero-order chi connectivity index (χ0) is 28.2. The van der Waals surface area contributed by atoms with Crippen LogP contribution in [0.4, 0.5) is 13.2 Å². The van der Waals surface area contributed by atoms with Gasteiger partial charge in [-0.25, -0.2) is 8.42 Å². The highest BCUT2D eigenvalue weighted by Gasteiger charge is 2.56. The molecule has 2 fully saturated rings. The van der Waals surface area contributed by atoms with Crippen LogP contribution < -0.4 is 0 Å². The van der Waals surface area contributed by atoms with Crippen LogP contribution in [0, 0.1) is 0 Å². The molecule has 5 rings (SSSR count).